The highest BCUT2D eigenvalue weighted by Crippen LogP contribution is 2.33. The summed E-state index contributed by atoms with van der Waals surface area (Å²) in [6.07, 6.45) is -0.0103. The maximum atomic E-state index is 12.3. The van der Waals surface area contributed by atoms with Gasteiger partial charge in [-0.25, -0.2) is 0 Å². The highest BCUT2D eigenvalue weighted by Gasteiger charge is 2.31. The van der Waals surface area contributed by atoms with Crippen LogP contribution in [0.1, 0.15) is 12.0 Å². The third kappa shape index (κ3) is 4.72. The van der Waals surface area contributed by atoms with E-state index >= 15 is 0 Å². The van der Waals surface area contributed by atoms with Gasteiger partial charge < -0.3 is 19.9 Å². The molecule has 2 aliphatic heterocycles. The summed E-state index contributed by atoms with van der Waals surface area (Å²) >= 11 is 0. The molecule has 0 aromatic heterocycles. The van der Waals surface area contributed by atoms with Crippen molar-refractivity contribution in [1.82, 2.24) is 0 Å². The molecule has 0 aliphatic carbocycles. The van der Waals surface area contributed by atoms with Crippen molar-refractivity contribution in [2.45, 2.75) is 19.1 Å². The number of fused-ring (bicyclic) bond motifs is 1. The number of piperazine rings is 1. The number of amides is 1. The van der Waals surface area contributed by atoms with Crippen LogP contribution in [0.2, 0.25) is 0 Å². The van der Waals surface area contributed by atoms with E-state index in [0.29, 0.717) is 17.9 Å². The van der Waals surface area contributed by atoms with Crippen molar-refractivity contribution in [2.24, 2.45) is 0 Å². The minimum Gasteiger partial charge on any atom is -0.478 e. The summed E-state index contributed by atoms with van der Waals surface area (Å²) in [6, 6.07) is 14.8. The SMILES string of the molecule is O=C1Nc2ccc([N+](=O)[O-])cc2O[C@H]1CC[NH+]1CC[NH+](Cc2ccccc2)CC1. The molecule has 2 aromatic rings. The molecule has 0 saturated carbocycles. The Hall–Kier alpha value is -2.97. The predicted octanol–water partition coefficient (Wildman–Crippen LogP) is -0.332. The second kappa shape index (κ2) is 8.59. The average Bonchev–Trinajstić information content (AvgIpc) is 2.73. The van der Waals surface area contributed by atoms with Gasteiger partial charge in [0.1, 0.15) is 32.7 Å². The summed E-state index contributed by atoms with van der Waals surface area (Å²) in [5.74, 6) is 0.190. The Morgan fingerprint density at radius 3 is 2.52 bits per heavy atom. The normalized spacial score (nSPS) is 23.6. The molecule has 2 aromatic carbocycles. The molecule has 3 N–H and O–H groups in total. The fourth-order valence-corrected chi connectivity index (χ4v) is 4.04. The van der Waals surface area contributed by atoms with Crippen molar-refractivity contribution in [1.29, 1.82) is 0 Å². The molecule has 8 heteroatoms. The summed E-state index contributed by atoms with van der Waals surface area (Å²) < 4.78 is 5.79. The van der Waals surface area contributed by atoms with Crippen LogP contribution < -0.4 is 19.9 Å². The van der Waals surface area contributed by atoms with E-state index in [2.05, 4.69) is 29.6 Å². The predicted molar refractivity (Wildman–Crippen MR) is 107 cm³/mol. The van der Waals surface area contributed by atoms with Gasteiger partial charge in [-0.3, -0.25) is 14.9 Å². The first-order valence-electron chi connectivity index (χ1n) is 10.1. The van der Waals surface area contributed by atoms with E-state index in [0.717, 1.165) is 39.3 Å². The lowest BCUT2D eigenvalue weighted by atomic mass is 10.1. The quantitative estimate of drug-likeness (QED) is 0.459. The molecule has 2 aliphatic rings. The lowest BCUT2D eigenvalue weighted by Crippen LogP contribution is -3.27. The van der Waals surface area contributed by atoms with Crippen molar-refractivity contribution in [3.63, 3.8) is 0 Å². The molecule has 1 saturated heterocycles. The zero-order valence-electron chi connectivity index (χ0n) is 16.2. The minimum absolute atomic E-state index is 0.0400. The van der Waals surface area contributed by atoms with Gasteiger partial charge in [-0.15, -0.1) is 0 Å². The first-order chi connectivity index (χ1) is 14.1. The molecular weight excluding hydrogens is 372 g/mol. The number of anilines is 1. The second-order valence-corrected chi connectivity index (χ2v) is 7.73. The molecule has 0 radical (unpaired) electrons. The maximum absolute atomic E-state index is 12.3. The molecule has 1 amide bonds. The van der Waals surface area contributed by atoms with Crippen LogP contribution >= 0.6 is 0 Å². The Labute approximate surface area is 169 Å². The number of non-ortho nitro benzene ring substituents is 1. The lowest BCUT2D eigenvalue weighted by Gasteiger charge is -2.31. The molecule has 152 valence electrons. The zero-order chi connectivity index (χ0) is 20.2. The number of carbonyl (C=O) groups excluding carboxylic acids is 1. The molecule has 0 bridgehead atoms. The topological polar surface area (TPSA) is 90.3 Å². The fraction of sp³-hybridized carbons (Fsp3) is 0.381. The monoisotopic (exact) mass is 398 g/mol. The van der Waals surface area contributed by atoms with Crippen LogP contribution in [0.5, 0.6) is 5.75 Å². The number of rotatable bonds is 6. The third-order valence-corrected chi connectivity index (χ3v) is 5.72. The van der Waals surface area contributed by atoms with Gasteiger partial charge in [0.25, 0.3) is 11.6 Å². The van der Waals surface area contributed by atoms with E-state index < -0.39 is 11.0 Å². The van der Waals surface area contributed by atoms with Crippen molar-refractivity contribution >= 4 is 17.3 Å². The van der Waals surface area contributed by atoms with Crippen LogP contribution in [0.15, 0.2) is 48.5 Å². The van der Waals surface area contributed by atoms with E-state index in [1.165, 1.54) is 28.7 Å². The van der Waals surface area contributed by atoms with Crippen LogP contribution in [0, 0.1) is 10.1 Å². The van der Waals surface area contributed by atoms with Gasteiger partial charge in [-0.1, -0.05) is 30.3 Å². The number of hydrogen-bond acceptors (Lipinski definition) is 4. The summed E-state index contributed by atoms with van der Waals surface area (Å²) in [5, 5.41) is 13.8. The molecule has 8 nitrogen and oxygen atoms in total. The molecule has 4 rings (SSSR count). The van der Waals surface area contributed by atoms with E-state index in [9.17, 15) is 14.9 Å². The third-order valence-electron chi connectivity index (χ3n) is 5.72. The molecule has 2 heterocycles. The highest BCUT2D eigenvalue weighted by atomic mass is 16.6. The second-order valence-electron chi connectivity index (χ2n) is 7.73. The van der Waals surface area contributed by atoms with Crippen LogP contribution in [-0.4, -0.2) is 49.7 Å². The highest BCUT2D eigenvalue weighted by molar-refractivity contribution is 5.97. The summed E-state index contributed by atoms with van der Waals surface area (Å²) in [5.41, 5.74) is 1.81. The minimum atomic E-state index is -0.605. The number of ether oxygens (including phenoxy) is 1. The fourth-order valence-electron chi connectivity index (χ4n) is 4.04. The molecular formula is C21H26N4O4+2. The number of nitrogens with one attached hydrogen (secondary N) is 3. The summed E-state index contributed by atoms with van der Waals surface area (Å²) in [4.78, 5) is 25.9. The zero-order valence-corrected chi connectivity index (χ0v) is 16.2. The Morgan fingerprint density at radius 1 is 1.07 bits per heavy atom. The van der Waals surface area contributed by atoms with Crippen molar-refractivity contribution < 1.29 is 24.3 Å². The number of nitrogens with zero attached hydrogens (tertiary/aromatic N) is 1. The lowest BCUT2D eigenvalue weighted by molar-refractivity contribution is -1.02. The standard InChI is InChI=1S/C21H24N4O4/c26-21-19(29-20-14-17(25(27)28)6-7-18(20)22-21)8-9-23-10-12-24(13-11-23)15-16-4-2-1-3-5-16/h1-7,14,19H,8-13,15H2,(H,22,26)/p+2/t19-/m0/s1. The Balaban J connectivity index is 1.27. The summed E-state index contributed by atoms with van der Waals surface area (Å²) in [6.45, 7) is 6.25. The van der Waals surface area contributed by atoms with Gasteiger partial charge in [0.15, 0.2) is 11.9 Å². The van der Waals surface area contributed by atoms with E-state index in [1.54, 1.807) is 4.90 Å². The van der Waals surface area contributed by atoms with Gasteiger partial charge in [0, 0.05) is 18.1 Å². The van der Waals surface area contributed by atoms with E-state index in [-0.39, 0.29) is 11.6 Å². The number of carbonyl (C=O) groups is 1. The van der Waals surface area contributed by atoms with Crippen LogP contribution in [0.3, 0.4) is 0 Å². The van der Waals surface area contributed by atoms with Gasteiger partial charge >= 0.3 is 0 Å². The number of quaternary nitrogens is 2. The first kappa shape index (κ1) is 19.4. The largest absolute Gasteiger partial charge is 0.478 e. The van der Waals surface area contributed by atoms with Crippen LogP contribution in [0.4, 0.5) is 11.4 Å². The van der Waals surface area contributed by atoms with E-state index in [1.807, 2.05) is 6.07 Å². The molecule has 0 spiro atoms. The van der Waals surface area contributed by atoms with Gasteiger partial charge in [0.2, 0.25) is 0 Å². The Bertz CT molecular complexity index is 882. The Morgan fingerprint density at radius 2 is 1.79 bits per heavy atom. The number of benzene rings is 2. The maximum Gasteiger partial charge on any atom is 0.273 e. The smallest absolute Gasteiger partial charge is 0.273 e. The number of nitro benzene ring substituents is 1. The molecule has 1 atom stereocenters. The number of hydrogen-bond donors (Lipinski definition) is 3. The van der Waals surface area contributed by atoms with Crippen molar-refractivity contribution in [3.8, 4) is 5.75 Å². The molecule has 0 unspecified atom stereocenters. The Kier molecular flexibility index (Phi) is 5.73. The van der Waals surface area contributed by atoms with Gasteiger partial charge in [0.05, 0.1) is 23.2 Å². The van der Waals surface area contributed by atoms with Crippen LogP contribution in [-0.2, 0) is 11.3 Å². The molecule has 1 fully saturated rings. The first-order valence-corrected chi connectivity index (χ1v) is 10.1. The van der Waals surface area contributed by atoms with Crippen molar-refractivity contribution in [3.05, 3.63) is 64.2 Å². The summed E-state index contributed by atoms with van der Waals surface area (Å²) in [7, 11) is 0. The van der Waals surface area contributed by atoms with Gasteiger partial charge in [-0.2, -0.15) is 0 Å². The van der Waals surface area contributed by atoms with E-state index in [4.69, 9.17) is 4.74 Å². The average molecular weight is 398 g/mol. The molecule has 29 heavy (non-hydrogen) atoms. The van der Waals surface area contributed by atoms with Crippen LogP contribution in [0.25, 0.3) is 0 Å². The van der Waals surface area contributed by atoms with Crippen molar-refractivity contribution in [2.75, 3.05) is 38.0 Å². The van der Waals surface area contributed by atoms with Gasteiger partial charge in [-0.05, 0) is 6.07 Å². The number of nitro groups is 1.